The van der Waals surface area contributed by atoms with Crippen LogP contribution < -0.4 is 32.5 Å². The standard InChI is InChI=1S/C18H3Cl8FO6P.C2H7N/c19-7-8(20)12(24)16-15(11(7)23)30-34(31-16,28-5-2-1-4(27)3-6(5)29-34)32-17-13(25)9(21)10(22)14(26)18(17)33-34;1-3-2/h1-3H;3H,1-2H3/q-1;/p+1. The molecule has 0 bridgehead atoms. The summed E-state index contributed by atoms with van der Waals surface area (Å²) in [5, 5.41) is 0.339. The summed E-state index contributed by atoms with van der Waals surface area (Å²) in [6.45, 7) is 0. The molecule has 200 valence electrons. The Morgan fingerprint density at radius 3 is 1.22 bits per heavy atom. The Hall–Kier alpha value is -0.900. The fourth-order valence-electron chi connectivity index (χ4n) is 3.56. The molecule has 1 spiro atoms. The van der Waals surface area contributed by atoms with E-state index in [0.29, 0.717) is 0 Å². The summed E-state index contributed by atoms with van der Waals surface area (Å²) in [7, 11) is -2.59. The van der Waals surface area contributed by atoms with Crippen molar-refractivity contribution in [3.05, 3.63) is 64.2 Å². The van der Waals surface area contributed by atoms with Gasteiger partial charge in [-0.15, -0.1) is 0 Å². The molecule has 0 unspecified atom stereocenters. The number of nitrogens with two attached hydrogens (primary N) is 1. The molecule has 2 N–H and O–H groups in total. The Morgan fingerprint density at radius 1 is 0.541 bits per heavy atom. The van der Waals surface area contributed by atoms with Crippen molar-refractivity contribution in [3.8, 4) is 34.5 Å². The molecule has 3 aromatic rings. The summed E-state index contributed by atoms with van der Waals surface area (Å²) in [5.74, 6) is -2.21. The molecule has 37 heavy (non-hydrogen) atoms. The summed E-state index contributed by atoms with van der Waals surface area (Å²) < 4.78 is 50.4. The Labute approximate surface area is 248 Å². The molecule has 3 aliphatic heterocycles. The third-order valence-electron chi connectivity index (χ3n) is 4.95. The van der Waals surface area contributed by atoms with E-state index in [1.165, 1.54) is 6.07 Å². The van der Waals surface area contributed by atoms with E-state index in [0.717, 1.165) is 12.1 Å². The van der Waals surface area contributed by atoms with Gasteiger partial charge in [0.1, 0.15) is 0 Å². The Kier molecular flexibility index (Phi) is 6.39. The van der Waals surface area contributed by atoms with Crippen molar-refractivity contribution in [3.63, 3.8) is 0 Å². The van der Waals surface area contributed by atoms with Crippen LogP contribution in [-0.2, 0) is 0 Å². The van der Waals surface area contributed by atoms with Gasteiger partial charge in [-0.3, -0.25) is 0 Å². The van der Waals surface area contributed by atoms with Gasteiger partial charge in [0.2, 0.25) is 0 Å². The molecule has 17 heteroatoms. The van der Waals surface area contributed by atoms with Crippen molar-refractivity contribution >= 4 is 100 Å². The SMILES string of the molecule is C[NH2+]C.Fc1ccc2c(c1)O[P-]13(O2)(Oc2c(Cl)c(Cl)c(Cl)c(Cl)c2O1)Oc1c(Cl)c(Cl)c(Cl)c(Cl)c1O3. The van der Waals surface area contributed by atoms with Crippen LogP contribution in [0.5, 0.6) is 34.5 Å². The van der Waals surface area contributed by atoms with E-state index in [9.17, 15) is 4.39 Å². The van der Waals surface area contributed by atoms with Gasteiger partial charge in [0.25, 0.3) is 0 Å². The zero-order valence-corrected chi connectivity index (χ0v) is 25.0. The van der Waals surface area contributed by atoms with Crippen molar-refractivity contribution in [1.29, 1.82) is 0 Å². The van der Waals surface area contributed by atoms with E-state index < -0.39 is 13.1 Å². The molecular formula is C20H11Cl8FNO6P. The number of fused-ring (bicyclic) bond motifs is 3. The first-order valence-corrected chi connectivity index (χ1v) is 15.1. The molecule has 6 rings (SSSR count). The van der Waals surface area contributed by atoms with Crippen LogP contribution in [0, 0.1) is 5.82 Å². The van der Waals surface area contributed by atoms with Crippen LogP contribution in [0.4, 0.5) is 4.39 Å². The van der Waals surface area contributed by atoms with Crippen molar-refractivity contribution in [2.75, 3.05) is 14.1 Å². The zero-order valence-electron chi connectivity index (χ0n) is 18.1. The van der Waals surface area contributed by atoms with Gasteiger partial charge < -0.3 is 5.32 Å². The summed E-state index contributed by atoms with van der Waals surface area (Å²) in [5.41, 5.74) is 0. The van der Waals surface area contributed by atoms with Gasteiger partial charge in [0.05, 0.1) is 14.1 Å². The van der Waals surface area contributed by atoms with Gasteiger partial charge >= 0.3 is 230 Å². The van der Waals surface area contributed by atoms with Gasteiger partial charge in [-0.1, -0.05) is 0 Å². The van der Waals surface area contributed by atoms with Crippen molar-refractivity contribution in [2.24, 2.45) is 0 Å². The van der Waals surface area contributed by atoms with Gasteiger partial charge in [-0.2, -0.15) is 0 Å². The quantitative estimate of drug-likeness (QED) is 0.144. The first-order valence-electron chi connectivity index (χ1n) is 9.91. The number of benzene rings is 3. The summed E-state index contributed by atoms with van der Waals surface area (Å²) >= 11 is 50.2. The average molecular weight is 695 g/mol. The minimum absolute atomic E-state index is 0.0913. The molecule has 3 aromatic carbocycles. The fourth-order valence-corrected chi connectivity index (χ4v) is 9.41. The van der Waals surface area contributed by atoms with Crippen molar-refractivity contribution in [2.45, 2.75) is 0 Å². The van der Waals surface area contributed by atoms with Gasteiger partial charge in [-0.25, -0.2) is 0 Å². The molecular weight excluding hydrogens is 684 g/mol. The van der Waals surface area contributed by atoms with Crippen LogP contribution in [0.3, 0.4) is 0 Å². The van der Waals surface area contributed by atoms with E-state index in [-0.39, 0.29) is 74.7 Å². The van der Waals surface area contributed by atoms with E-state index in [2.05, 4.69) is 0 Å². The normalized spacial score (nSPS) is 19.5. The number of hydrogen-bond donors (Lipinski definition) is 1. The van der Waals surface area contributed by atoms with E-state index in [1.54, 1.807) is 0 Å². The van der Waals surface area contributed by atoms with Crippen LogP contribution in [0.25, 0.3) is 0 Å². The van der Waals surface area contributed by atoms with E-state index >= 15 is 0 Å². The molecule has 0 radical (unpaired) electrons. The molecule has 7 nitrogen and oxygen atoms in total. The first-order chi connectivity index (χ1) is 17.3. The molecule has 0 fully saturated rings. The Balaban J connectivity index is 0.000000892. The molecule has 0 aliphatic carbocycles. The average Bonchev–Trinajstić information content (AvgIpc) is 3.45. The van der Waals surface area contributed by atoms with Crippen molar-refractivity contribution < 1.29 is 36.8 Å². The van der Waals surface area contributed by atoms with Crippen LogP contribution in [0.2, 0.25) is 40.2 Å². The van der Waals surface area contributed by atoms with Crippen LogP contribution >= 0.6 is 100 Å². The Bertz CT molecular complexity index is 1390. The number of quaternary nitrogens is 1. The maximum absolute atomic E-state index is 14.1. The van der Waals surface area contributed by atoms with Crippen molar-refractivity contribution in [1.82, 2.24) is 0 Å². The second kappa shape index (κ2) is 8.55. The van der Waals surface area contributed by atoms with E-state index in [1.807, 2.05) is 19.4 Å². The number of halogens is 9. The third-order valence-corrected chi connectivity index (χ3v) is 11.8. The van der Waals surface area contributed by atoms with E-state index in [4.69, 9.17) is 120 Å². The molecule has 0 saturated carbocycles. The zero-order chi connectivity index (χ0) is 27.1. The summed E-state index contributed by atoms with van der Waals surface area (Å²) in [6, 6.07) is 3.29. The fraction of sp³-hybridized carbons (Fsp3) is 0.100. The Morgan fingerprint density at radius 2 is 0.865 bits per heavy atom. The molecule has 0 amide bonds. The third kappa shape index (κ3) is 3.69. The first kappa shape index (κ1) is 27.7. The molecule has 0 aromatic heterocycles. The second-order valence-electron chi connectivity index (χ2n) is 7.66. The predicted octanol–water partition coefficient (Wildman–Crippen LogP) is 9.16. The second-order valence-corrected chi connectivity index (χ2v) is 14.0. The van der Waals surface area contributed by atoms with Gasteiger partial charge in [-0.05, 0) is 0 Å². The molecule has 3 heterocycles. The molecule has 3 aliphatic rings. The monoisotopic (exact) mass is 691 g/mol. The topological polar surface area (TPSA) is 72.0 Å². The van der Waals surface area contributed by atoms with Crippen LogP contribution in [0.1, 0.15) is 0 Å². The van der Waals surface area contributed by atoms with Crippen LogP contribution in [-0.4, -0.2) is 14.1 Å². The molecule has 0 atom stereocenters. The summed E-state index contributed by atoms with van der Waals surface area (Å²) in [4.78, 5) is 0. The molecule has 0 saturated heterocycles. The predicted molar refractivity (Wildman–Crippen MR) is 144 cm³/mol. The van der Waals surface area contributed by atoms with Crippen LogP contribution in [0.15, 0.2) is 18.2 Å². The summed E-state index contributed by atoms with van der Waals surface area (Å²) in [6.07, 6.45) is 0. The number of rotatable bonds is 0. The van der Waals surface area contributed by atoms with Gasteiger partial charge in [0.15, 0.2) is 0 Å². The van der Waals surface area contributed by atoms with Gasteiger partial charge in [0, 0.05) is 0 Å². The minimum atomic E-state index is -6.59. The maximum atomic E-state index is 14.1. The number of hydrogen-bond acceptors (Lipinski definition) is 6.